The standard InChI is InChI=1S/C43H48N4O8Si/c1-42(2,3)46-39(44-40(48)52-29-30-16-10-7-11-17-30)28-36(45-46)31-26-37(54-41(49)53-33-24-22-32(23-25-33)47(50)51)38(27-31)55-56(43(4,5)6,34-18-12-8-13-19-34)35-20-14-9-15-21-35/h7-25,28,31,37-38H,26-27,29H2,1-6H3,(H,44,48)/t31-,37+,38-/m1/s1. The van der Waals surface area contributed by atoms with Crippen LogP contribution in [0.3, 0.4) is 0 Å². The lowest BCUT2D eigenvalue weighted by Gasteiger charge is -2.45. The van der Waals surface area contributed by atoms with E-state index >= 15 is 0 Å². The zero-order valence-corrected chi connectivity index (χ0v) is 33.5. The van der Waals surface area contributed by atoms with E-state index in [1.54, 1.807) is 4.68 Å². The number of rotatable bonds is 11. The first-order chi connectivity index (χ1) is 26.6. The summed E-state index contributed by atoms with van der Waals surface area (Å²) >= 11 is 0. The minimum absolute atomic E-state index is 0.110. The van der Waals surface area contributed by atoms with Crippen molar-refractivity contribution in [3.63, 3.8) is 0 Å². The number of hydrogen-bond donors (Lipinski definition) is 1. The zero-order chi connectivity index (χ0) is 40.1. The Bertz CT molecular complexity index is 2080. The Morgan fingerprint density at radius 3 is 1.91 bits per heavy atom. The Kier molecular flexibility index (Phi) is 11.8. The van der Waals surface area contributed by atoms with Crippen LogP contribution < -0.4 is 20.4 Å². The summed E-state index contributed by atoms with van der Waals surface area (Å²) in [6.45, 7) is 12.6. The third-order valence-corrected chi connectivity index (χ3v) is 15.0. The molecule has 3 atom stereocenters. The van der Waals surface area contributed by atoms with Crippen LogP contribution in [0, 0.1) is 10.1 Å². The lowest BCUT2D eigenvalue weighted by Crippen LogP contribution is -2.68. The van der Waals surface area contributed by atoms with Gasteiger partial charge in [-0.05, 0) is 66.7 Å². The smallest absolute Gasteiger partial charge is 0.444 e. The highest BCUT2D eigenvalue weighted by molar-refractivity contribution is 6.99. The number of benzene rings is 4. The van der Waals surface area contributed by atoms with E-state index in [4.69, 9.17) is 23.7 Å². The molecule has 292 valence electrons. The van der Waals surface area contributed by atoms with Crippen LogP contribution in [0.1, 0.15) is 71.6 Å². The number of non-ortho nitro benzene ring substituents is 1. The molecule has 0 radical (unpaired) electrons. The van der Waals surface area contributed by atoms with E-state index in [2.05, 4.69) is 50.4 Å². The van der Waals surface area contributed by atoms with Gasteiger partial charge in [0.25, 0.3) is 14.0 Å². The average Bonchev–Trinajstić information content (AvgIpc) is 3.77. The Morgan fingerprint density at radius 1 is 0.821 bits per heavy atom. The van der Waals surface area contributed by atoms with Gasteiger partial charge in [-0.15, -0.1) is 0 Å². The number of nitrogens with one attached hydrogen (secondary N) is 1. The Morgan fingerprint density at radius 2 is 1.38 bits per heavy atom. The first kappa shape index (κ1) is 39.9. The SMILES string of the molecule is CC(C)(C)n1nc([C@@H]2C[C@H](OC(=O)Oc3ccc([N+](=O)[O-])cc3)[C@H](O[Si](c3ccccc3)(c3ccccc3)C(C)(C)C)C2)cc1NC(=O)OCc1ccccc1. The van der Waals surface area contributed by atoms with E-state index in [1.165, 1.54) is 24.3 Å². The summed E-state index contributed by atoms with van der Waals surface area (Å²) in [5, 5.41) is 20.9. The summed E-state index contributed by atoms with van der Waals surface area (Å²) in [4.78, 5) is 37.2. The molecular formula is C43H48N4O8Si. The molecule has 0 saturated heterocycles. The topological polar surface area (TPSA) is 144 Å². The van der Waals surface area contributed by atoms with Gasteiger partial charge in [-0.1, -0.05) is 112 Å². The summed E-state index contributed by atoms with van der Waals surface area (Å²) in [6.07, 6.45) is -2.08. The number of hydrogen-bond acceptors (Lipinski definition) is 9. The average molecular weight is 777 g/mol. The molecule has 6 rings (SSSR count). The zero-order valence-electron chi connectivity index (χ0n) is 32.5. The second-order valence-corrected chi connectivity index (χ2v) is 20.2. The van der Waals surface area contributed by atoms with E-state index in [-0.39, 0.29) is 29.0 Å². The number of nitro groups is 1. The van der Waals surface area contributed by atoms with Gasteiger partial charge in [0.1, 0.15) is 24.3 Å². The minimum atomic E-state index is -3.12. The van der Waals surface area contributed by atoms with Crippen molar-refractivity contribution in [2.24, 2.45) is 0 Å². The highest BCUT2D eigenvalue weighted by Gasteiger charge is 2.54. The maximum absolute atomic E-state index is 13.4. The van der Waals surface area contributed by atoms with E-state index in [1.807, 2.05) is 93.6 Å². The molecule has 1 N–H and O–H groups in total. The van der Waals surface area contributed by atoms with E-state index in [0.29, 0.717) is 24.4 Å². The van der Waals surface area contributed by atoms with Gasteiger partial charge in [0, 0.05) is 24.1 Å². The van der Waals surface area contributed by atoms with Crippen molar-refractivity contribution in [3.05, 3.63) is 143 Å². The summed E-state index contributed by atoms with van der Waals surface area (Å²) < 4.78 is 26.5. The van der Waals surface area contributed by atoms with Crippen LogP contribution in [0.15, 0.2) is 121 Å². The van der Waals surface area contributed by atoms with Gasteiger partial charge >= 0.3 is 12.2 Å². The third kappa shape index (κ3) is 9.01. The van der Waals surface area contributed by atoms with Crippen molar-refractivity contribution in [2.75, 3.05) is 5.32 Å². The highest BCUT2D eigenvalue weighted by atomic mass is 28.4. The van der Waals surface area contributed by atoms with Crippen LogP contribution in [-0.2, 0) is 26.0 Å². The van der Waals surface area contributed by atoms with Gasteiger partial charge in [0.05, 0.1) is 22.3 Å². The third-order valence-electron chi connectivity index (χ3n) is 9.91. The van der Waals surface area contributed by atoms with Crippen LogP contribution in [0.25, 0.3) is 0 Å². The van der Waals surface area contributed by atoms with Gasteiger partial charge in [-0.25, -0.2) is 14.3 Å². The normalized spacial score (nSPS) is 17.2. The number of amides is 1. The molecule has 1 amide bonds. The Balaban J connectivity index is 1.33. The second kappa shape index (κ2) is 16.5. The molecule has 0 unspecified atom stereocenters. The molecule has 12 nitrogen and oxygen atoms in total. The maximum atomic E-state index is 13.4. The second-order valence-electron chi connectivity index (χ2n) is 16.0. The summed E-state index contributed by atoms with van der Waals surface area (Å²) in [7, 11) is -3.12. The molecule has 0 bridgehead atoms. The number of nitro benzene ring substituents is 1. The lowest BCUT2D eigenvalue weighted by atomic mass is 10.0. The Labute approximate surface area is 328 Å². The molecule has 4 aromatic carbocycles. The minimum Gasteiger partial charge on any atom is -0.444 e. The molecule has 1 aliphatic rings. The highest BCUT2D eigenvalue weighted by Crippen LogP contribution is 2.44. The number of carbonyl (C=O) groups is 2. The number of ether oxygens (including phenoxy) is 3. The van der Waals surface area contributed by atoms with Crippen molar-refractivity contribution in [1.82, 2.24) is 9.78 Å². The van der Waals surface area contributed by atoms with E-state index in [0.717, 1.165) is 15.9 Å². The van der Waals surface area contributed by atoms with Gasteiger partial charge < -0.3 is 18.6 Å². The molecule has 1 heterocycles. The van der Waals surface area contributed by atoms with Crippen LogP contribution in [0.4, 0.5) is 21.1 Å². The predicted octanol–water partition coefficient (Wildman–Crippen LogP) is 8.70. The summed E-state index contributed by atoms with van der Waals surface area (Å²) in [6, 6.07) is 37.0. The quantitative estimate of drug-likeness (QED) is 0.0458. The van der Waals surface area contributed by atoms with Gasteiger partial charge in [0.2, 0.25) is 0 Å². The summed E-state index contributed by atoms with van der Waals surface area (Å²) in [5.41, 5.74) is 0.928. The van der Waals surface area contributed by atoms with Crippen LogP contribution >= 0.6 is 0 Å². The fraction of sp³-hybridized carbons (Fsp3) is 0.326. The van der Waals surface area contributed by atoms with Crippen molar-refractivity contribution in [1.29, 1.82) is 0 Å². The fourth-order valence-electron chi connectivity index (χ4n) is 7.31. The fourth-order valence-corrected chi connectivity index (χ4v) is 12.0. The molecule has 13 heteroatoms. The van der Waals surface area contributed by atoms with E-state index < -0.39 is 43.2 Å². The summed E-state index contributed by atoms with van der Waals surface area (Å²) in [5.74, 6) is 0.343. The number of nitrogens with zero attached hydrogens (tertiary/aromatic N) is 3. The number of aromatic nitrogens is 2. The monoisotopic (exact) mass is 776 g/mol. The molecule has 5 aromatic rings. The molecular weight excluding hydrogens is 729 g/mol. The molecule has 1 aliphatic carbocycles. The molecule has 0 spiro atoms. The Hall–Kier alpha value is -5.79. The molecule has 0 aliphatic heterocycles. The van der Waals surface area contributed by atoms with Crippen LogP contribution in [0.2, 0.25) is 5.04 Å². The van der Waals surface area contributed by atoms with Crippen molar-refractivity contribution in [2.45, 2.75) is 89.7 Å². The first-order valence-corrected chi connectivity index (χ1v) is 20.5. The molecule has 1 aromatic heterocycles. The van der Waals surface area contributed by atoms with Crippen molar-refractivity contribution in [3.8, 4) is 5.75 Å². The predicted molar refractivity (Wildman–Crippen MR) is 216 cm³/mol. The molecule has 1 fully saturated rings. The van der Waals surface area contributed by atoms with Gasteiger partial charge in [0.15, 0.2) is 0 Å². The van der Waals surface area contributed by atoms with Crippen molar-refractivity contribution < 1.29 is 33.1 Å². The van der Waals surface area contributed by atoms with Crippen LogP contribution in [-0.4, -0.2) is 47.5 Å². The van der Waals surface area contributed by atoms with Gasteiger partial charge in [-0.2, -0.15) is 5.10 Å². The van der Waals surface area contributed by atoms with Crippen molar-refractivity contribution >= 4 is 42.4 Å². The maximum Gasteiger partial charge on any atom is 0.514 e. The first-order valence-electron chi connectivity index (χ1n) is 18.6. The largest absolute Gasteiger partial charge is 0.514 e. The number of anilines is 1. The molecule has 1 saturated carbocycles. The number of carbonyl (C=O) groups excluding carboxylic acids is 2. The van der Waals surface area contributed by atoms with Crippen LogP contribution in [0.5, 0.6) is 5.75 Å². The van der Waals surface area contributed by atoms with E-state index in [9.17, 15) is 19.7 Å². The molecule has 56 heavy (non-hydrogen) atoms. The lowest BCUT2D eigenvalue weighted by molar-refractivity contribution is -0.384. The van der Waals surface area contributed by atoms with Gasteiger partial charge in [-0.3, -0.25) is 15.4 Å².